The van der Waals surface area contributed by atoms with Crippen molar-refractivity contribution in [3.05, 3.63) is 54.1 Å². The van der Waals surface area contributed by atoms with Crippen LogP contribution in [-0.2, 0) is 16.0 Å². The molecule has 0 fully saturated rings. The number of anilines is 1. The summed E-state index contributed by atoms with van der Waals surface area (Å²) in [5.41, 5.74) is 1.68. The Hall–Kier alpha value is -2.82. The average molecular weight is 355 g/mol. The molecule has 0 bridgehead atoms. The third-order valence-electron chi connectivity index (χ3n) is 3.82. The van der Waals surface area contributed by atoms with Gasteiger partial charge in [-0.05, 0) is 57.0 Å². The highest BCUT2D eigenvalue weighted by Gasteiger charge is 2.16. The molecule has 2 rings (SSSR count). The van der Waals surface area contributed by atoms with E-state index < -0.39 is 6.10 Å². The molecule has 2 aromatic rings. The van der Waals surface area contributed by atoms with Crippen LogP contribution >= 0.6 is 0 Å². The Bertz CT molecular complexity index is 740. The summed E-state index contributed by atoms with van der Waals surface area (Å²) >= 11 is 0. The number of amides is 1. The first-order valence-corrected chi connectivity index (χ1v) is 8.77. The van der Waals surface area contributed by atoms with Crippen LogP contribution in [0.25, 0.3) is 0 Å². The van der Waals surface area contributed by atoms with Crippen LogP contribution in [0, 0.1) is 0 Å². The smallest absolute Gasteiger partial charge is 0.265 e. The predicted molar refractivity (Wildman–Crippen MR) is 102 cm³/mol. The van der Waals surface area contributed by atoms with Crippen molar-refractivity contribution in [2.75, 3.05) is 11.9 Å². The van der Waals surface area contributed by atoms with Crippen molar-refractivity contribution in [2.24, 2.45) is 0 Å². The summed E-state index contributed by atoms with van der Waals surface area (Å²) in [6, 6.07) is 14.7. The fourth-order valence-corrected chi connectivity index (χ4v) is 2.40. The molecule has 5 heteroatoms. The Morgan fingerprint density at radius 2 is 1.77 bits per heavy atom. The van der Waals surface area contributed by atoms with Gasteiger partial charge in [0.15, 0.2) is 6.10 Å². The van der Waals surface area contributed by atoms with Crippen LogP contribution in [0.1, 0.15) is 32.8 Å². The summed E-state index contributed by atoms with van der Waals surface area (Å²) in [6.07, 6.45) is 0.575. The number of hydrogen-bond donors (Lipinski definition) is 1. The quantitative estimate of drug-likeness (QED) is 0.738. The van der Waals surface area contributed by atoms with Crippen molar-refractivity contribution in [3.8, 4) is 11.5 Å². The number of para-hydroxylation sites is 2. The molecule has 0 saturated heterocycles. The molecule has 0 unspecified atom stereocenters. The second-order valence-corrected chi connectivity index (χ2v) is 6.02. The van der Waals surface area contributed by atoms with Gasteiger partial charge in [-0.1, -0.05) is 24.3 Å². The van der Waals surface area contributed by atoms with Crippen LogP contribution in [0.4, 0.5) is 5.69 Å². The lowest BCUT2D eigenvalue weighted by Gasteiger charge is -2.16. The molecule has 1 amide bonds. The highest BCUT2D eigenvalue weighted by Crippen LogP contribution is 2.24. The van der Waals surface area contributed by atoms with Gasteiger partial charge in [0.05, 0.1) is 12.3 Å². The third kappa shape index (κ3) is 5.92. The lowest BCUT2D eigenvalue weighted by atomic mass is 10.1. The summed E-state index contributed by atoms with van der Waals surface area (Å²) in [5, 5.41) is 2.83. The first-order chi connectivity index (χ1) is 12.5. The fraction of sp³-hybridized carbons (Fsp3) is 0.333. The summed E-state index contributed by atoms with van der Waals surface area (Å²) in [5.74, 6) is 1.16. The van der Waals surface area contributed by atoms with Crippen LogP contribution in [0.15, 0.2) is 48.5 Å². The Balaban J connectivity index is 1.93. The monoisotopic (exact) mass is 355 g/mol. The molecule has 26 heavy (non-hydrogen) atoms. The number of carbonyl (C=O) groups excluding carboxylic acids is 2. The van der Waals surface area contributed by atoms with Crippen LogP contribution in [-0.4, -0.2) is 24.4 Å². The minimum atomic E-state index is -0.659. The van der Waals surface area contributed by atoms with E-state index in [2.05, 4.69) is 5.32 Å². The normalized spacial score (nSPS) is 11.5. The molecule has 0 radical (unpaired) electrons. The molecule has 0 heterocycles. The minimum absolute atomic E-state index is 0.169. The molecule has 0 aliphatic carbocycles. The lowest BCUT2D eigenvalue weighted by Crippen LogP contribution is -2.30. The molecule has 0 spiro atoms. The van der Waals surface area contributed by atoms with E-state index in [1.165, 1.54) is 0 Å². The van der Waals surface area contributed by atoms with E-state index >= 15 is 0 Å². The molecule has 138 valence electrons. The zero-order valence-corrected chi connectivity index (χ0v) is 15.5. The zero-order valence-electron chi connectivity index (χ0n) is 15.5. The van der Waals surface area contributed by atoms with E-state index in [1.54, 1.807) is 19.9 Å². The Morgan fingerprint density at radius 3 is 2.42 bits per heavy atom. The van der Waals surface area contributed by atoms with Gasteiger partial charge < -0.3 is 19.6 Å². The molecule has 2 aromatic carbocycles. The largest absolute Gasteiger partial charge is 0.492 e. The molecule has 1 N–H and O–H groups in total. The van der Waals surface area contributed by atoms with Crippen LogP contribution in [0.3, 0.4) is 0 Å². The van der Waals surface area contributed by atoms with Crippen molar-refractivity contribution >= 4 is 17.4 Å². The van der Waals surface area contributed by atoms with Gasteiger partial charge in [-0.25, -0.2) is 0 Å². The van der Waals surface area contributed by atoms with Crippen molar-refractivity contribution in [1.29, 1.82) is 0 Å². The molecule has 1 atom stereocenters. The predicted octanol–water partition coefficient (Wildman–Crippen LogP) is 4.01. The van der Waals surface area contributed by atoms with Crippen molar-refractivity contribution in [1.82, 2.24) is 0 Å². The number of aryl methyl sites for hydroxylation is 1. The number of benzene rings is 2. The molecule has 5 nitrogen and oxygen atoms in total. The minimum Gasteiger partial charge on any atom is -0.492 e. The lowest BCUT2D eigenvalue weighted by molar-refractivity contribution is -0.122. The summed E-state index contributed by atoms with van der Waals surface area (Å²) in [7, 11) is 0. The van der Waals surface area contributed by atoms with E-state index in [0.717, 1.165) is 5.56 Å². The van der Waals surface area contributed by atoms with Crippen molar-refractivity contribution in [3.63, 3.8) is 0 Å². The van der Waals surface area contributed by atoms with Gasteiger partial charge >= 0.3 is 0 Å². The highest BCUT2D eigenvalue weighted by molar-refractivity contribution is 5.95. The van der Waals surface area contributed by atoms with Gasteiger partial charge in [0.2, 0.25) is 0 Å². The van der Waals surface area contributed by atoms with Gasteiger partial charge in [-0.2, -0.15) is 0 Å². The molecular formula is C21H25NO4. The molecular weight excluding hydrogens is 330 g/mol. The topological polar surface area (TPSA) is 64.6 Å². The Labute approximate surface area is 154 Å². The van der Waals surface area contributed by atoms with E-state index in [0.29, 0.717) is 36.6 Å². The maximum atomic E-state index is 12.4. The number of rotatable bonds is 9. The van der Waals surface area contributed by atoms with Gasteiger partial charge in [0.25, 0.3) is 5.91 Å². The van der Waals surface area contributed by atoms with Gasteiger partial charge in [-0.3, -0.25) is 4.79 Å². The average Bonchev–Trinajstić information content (AvgIpc) is 2.63. The third-order valence-corrected chi connectivity index (χ3v) is 3.82. The van der Waals surface area contributed by atoms with Crippen LogP contribution in [0.5, 0.6) is 11.5 Å². The first kappa shape index (κ1) is 19.5. The van der Waals surface area contributed by atoms with Crippen molar-refractivity contribution < 1.29 is 19.1 Å². The van der Waals surface area contributed by atoms with E-state index in [9.17, 15) is 9.59 Å². The second-order valence-electron chi connectivity index (χ2n) is 6.02. The van der Waals surface area contributed by atoms with E-state index in [-0.39, 0.29) is 11.7 Å². The first-order valence-electron chi connectivity index (χ1n) is 8.77. The second kappa shape index (κ2) is 9.61. The number of hydrogen-bond acceptors (Lipinski definition) is 4. The van der Waals surface area contributed by atoms with Crippen LogP contribution < -0.4 is 14.8 Å². The standard InChI is InChI=1S/C21H25NO4/c1-4-25-20-8-6-5-7-19(20)22-21(24)16(3)26-18-13-11-17(12-14-18)10-9-15(2)23/h5-8,11-14,16H,4,9-10H2,1-3H3,(H,22,24)/t16-/m1/s1. The van der Waals surface area contributed by atoms with Gasteiger partial charge in [0.1, 0.15) is 17.3 Å². The number of ketones is 1. The molecule has 0 aliphatic rings. The summed E-state index contributed by atoms with van der Waals surface area (Å²) < 4.78 is 11.2. The number of ether oxygens (including phenoxy) is 2. The molecule has 0 aliphatic heterocycles. The Kier molecular flexibility index (Phi) is 7.21. The van der Waals surface area contributed by atoms with E-state index in [4.69, 9.17) is 9.47 Å². The van der Waals surface area contributed by atoms with Gasteiger partial charge in [0, 0.05) is 6.42 Å². The van der Waals surface area contributed by atoms with Crippen LogP contribution in [0.2, 0.25) is 0 Å². The maximum Gasteiger partial charge on any atom is 0.265 e. The summed E-state index contributed by atoms with van der Waals surface area (Å²) in [4.78, 5) is 23.4. The summed E-state index contributed by atoms with van der Waals surface area (Å²) in [6.45, 7) is 5.70. The number of Topliss-reactive ketones (excluding diaryl/α,β-unsaturated/α-hetero) is 1. The Morgan fingerprint density at radius 1 is 1.08 bits per heavy atom. The zero-order chi connectivity index (χ0) is 18.9. The molecule has 0 aromatic heterocycles. The number of nitrogens with one attached hydrogen (secondary N) is 1. The SMILES string of the molecule is CCOc1ccccc1NC(=O)[C@@H](C)Oc1ccc(CCC(C)=O)cc1. The highest BCUT2D eigenvalue weighted by atomic mass is 16.5. The van der Waals surface area contributed by atoms with E-state index in [1.807, 2.05) is 49.4 Å². The number of carbonyl (C=O) groups is 2. The van der Waals surface area contributed by atoms with Crippen molar-refractivity contribution in [2.45, 2.75) is 39.7 Å². The van der Waals surface area contributed by atoms with Gasteiger partial charge in [-0.15, -0.1) is 0 Å². The molecule has 0 saturated carbocycles. The fourth-order valence-electron chi connectivity index (χ4n) is 2.40. The maximum absolute atomic E-state index is 12.4.